The summed E-state index contributed by atoms with van der Waals surface area (Å²) in [6.07, 6.45) is -7.84. The van der Waals surface area contributed by atoms with Crippen molar-refractivity contribution < 1.29 is 35.5 Å². The topological polar surface area (TPSA) is 68.9 Å². The van der Waals surface area contributed by atoms with Gasteiger partial charge in [-0.05, 0) is 60.5 Å². The minimum Gasteiger partial charge on any atom is -0.366 e. The van der Waals surface area contributed by atoms with Gasteiger partial charge in [0.05, 0.1) is 16.8 Å². The van der Waals surface area contributed by atoms with E-state index in [-0.39, 0.29) is 22.9 Å². The van der Waals surface area contributed by atoms with Crippen LogP contribution in [0.1, 0.15) is 27.9 Å². The van der Waals surface area contributed by atoms with E-state index in [1.165, 1.54) is 18.2 Å². The zero-order valence-corrected chi connectivity index (χ0v) is 16.7. The summed E-state index contributed by atoms with van der Waals surface area (Å²) in [5.41, 5.74) is 2.28. The Labute approximate surface area is 182 Å². The minimum atomic E-state index is -5.04. The molecule has 0 fully saturated rings. The fourth-order valence-electron chi connectivity index (χ4n) is 2.99. The molecule has 0 saturated carbocycles. The first-order chi connectivity index (χ1) is 15.3. The fourth-order valence-corrected chi connectivity index (χ4v) is 2.99. The van der Waals surface area contributed by atoms with Crippen LogP contribution in [0.15, 0.2) is 48.7 Å². The lowest BCUT2D eigenvalue weighted by molar-refractivity contribution is -0.143. The van der Waals surface area contributed by atoms with Gasteiger partial charge in [-0.25, -0.2) is 14.4 Å². The number of carbonyl (C=O) groups excluding carboxylic acids is 1. The normalized spacial score (nSPS) is 12.7. The molecule has 1 amide bonds. The molecule has 11 heteroatoms. The van der Waals surface area contributed by atoms with Crippen LogP contribution in [0.3, 0.4) is 0 Å². The molecule has 33 heavy (non-hydrogen) atoms. The van der Waals surface area contributed by atoms with Gasteiger partial charge in [0.2, 0.25) is 5.91 Å². The van der Waals surface area contributed by atoms with Gasteiger partial charge in [0, 0.05) is 17.3 Å². The third-order valence-electron chi connectivity index (χ3n) is 4.57. The highest BCUT2D eigenvalue weighted by molar-refractivity contribution is 6.23. The number of halogens is 7. The Morgan fingerprint density at radius 1 is 0.939 bits per heavy atom. The van der Waals surface area contributed by atoms with Crippen LogP contribution < -0.4 is 5.73 Å². The summed E-state index contributed by atoms with van der Waals surface area (Å²) < 4.78 is 92.6. The lowest BCUT2D eigenvalue weighted by Gasteiger charge is -2.14. The molecule has 0 aliphatic heterocycles. The first kappa shape index (κ1) is 23.9. The maximum absolute atomic E-state index is 13.7. The van der Waals surface area contributed by atoms with Crippen LogP contribution in [-0.2, 0) is 17.1 Å². The van der Waals surface area contributed by atoms with Crippen molar-refractivity contribution in [2.24, 2.45) is 5.73 Å². The summed E-state index contributed by atoms with van der Waals surface area (Å²) in [4.78, 5) is 19.7. The van der Waals surface area contributed by atoms with Gasteiger partial charge in [-0.2, -0.15) is 26.3 Å². The van der Waals surface area contributed by atoms with Crippen molar-refractivity contribution >= 4 is 17.6 Å². The van der Waals surface area contributed by atoms with E-state index in [0.29, 0.717) is 17.7 Å². The second-order valence-electron chi connectivity index (χ2n) is 6.98. The van der Waals surface area contributed by atoms with Crippen molar-refractivity contribution in [3.8, 4) is 11.4 Å². The molecule has 172 valence electrons. The Bertz CT molecular complexity index is 1220. The number of aryl methyl sites for hydroxylation is 1. The van der Waals surface area contributed by atoms with E-state index in [1.54, 1.807) is 6.92 Å². The fraction of sp³-hybridized carbons (Fsp3) is 0.136. The number of amides is 1. The minimum absolute atomic E-state index is 0.00876. The predicted molar refractivity (Wildman–Crippen MR) is 106 cm³/mol. The Hall–Kier alpha value is -3.76. The number of alkyl halides is 6. The lowest BCUT2D eigenvalue weighted by atomic mass is 9.99. The van der Waals surface area contributed by atoms with Crippen LogP contribution in [0.2, 0.25) is 0 Å². The first-order valence-corrected chi connectivity index (χ1v) is 9.16. The van der Waals surface area contributed by atoms with E-state index in [0.717, 1.165) is 18.3 Å². The van der Waals surface area contributed by atoms with Gasteiger partial charge in [0.1, 0.15) is 5.82 Å². The maximum Gasteiger partial charge on any atom is 0.416 e. The average Bonchev–Trinajstić information content (AvgIpc) is 2.72. The van der Waals surface area contributed by atoms with E-state index < -0.39 is 46.6 Å². The van der Waals surface area contributed by atoms with Crippen molar-refractivity contribution in [3.05, 3.63) is 82.4 Å². The van der Waals surface area contributed by atoms with Crippen molar-refractivity contribution in [3.63, 3.8) is 0 Å². The van der Waals surface area contributed by atoms with Crippen molar-refractivity contribution in [2.45, 2.75) is 19.3 Å². The number of aromatic nitrogens is 2. The molecule has 0 atom stereocenters. The second-order valence-corrected chi connectivity index (χ2v) is 6.98. The molecule has 0 bridgehead atoms. The number of nitrogens with zero attached hydrogens (tertiary/aromatic N) is 2. The van der Waals surface area contributed by atoms with Crippen molar-refractivity contribution in [1.29, 1.82) is 0 Å². The van der Waals surface area contributed by atoms with Crippen molar-refractivity contribution in [2.75, 3.05) is 0 Å². The van der Waals surface area contributed by atoms with E-state index in [2.05, 4.69) is 9.97 Å². The first-order valence-electron chi connectivity index (χ1n) is 9.16. The highest BCUT2D eigenvalue weighted by Crippen LogP contribution is 2.38. The van der Waals surface area contributed by atoms with Gasteiger partial charge in [0.15, 0.2) is 5.82 Å². The molecule has 4 nitrogen and oxygen atoms in total. The average molecular weight is 469 g/mol. The largest absolute Gasteiger partial charge is 0.416 e. The highest BCUT2D eigenvalue weighted by Gasteiger charge is 2.37. The summed E-state index contributed by atoms with van der Waals surface area (Å²) in [7, 11) is 0. The quantitative estimate of drug-likeness (QED) is 0.396. The van der Waals surface area contributed by atoms with Gasteiger partial charge in [-0.3, -0.25) is 4.79 Å². The van der Waals surface area contributed by atoms with Gasteiger partial charge >= 0.3 is 12.4 Å². The molecule has 1 aromatic heterocycles. The van der Waals surface area contributed by atoms with Gasteiger partial charge in [-0.1, -0.05) is 6.07 Å². The highest BCUT2D eigenvalue weighted by atomic mass is 19.4. The zero-order chi connectivity index (χ0) is 24.6. The Balaban J connectivity index is 2.16. The Morgan fingerprint density at radius 3 is 2.09 bits per heavy atom. The summed E-state index contributed by atoms with van der Waals surface area (Å²) in [6, 6.07) is 5.88. The van der Waals surface area contributed by atoms with Crippen LogP contribution >= 0.6 is 0 Å². The van der Waals surface area contributed by atoms with Gasteiger partial charge < -0.3 is 5.73 Å². The number of hydrogen-bond donors (Lipinski definition) is 1. The molecule has 3 rings (SSSR count). The maximum atomic E-state index is 13.7. The Morgan fingerprint density at radius 2 is 1.55 bits per heavy atom. The van der Waals surface area contributed by atoms with E-state index in [1.807, 2.05) is 0 Å². The zero-order valence-electron chi connectivity index (χ0n) is 16.7. The smallest absolute Gasteiger partial charge is 0.366 e. The third kappa shape index (κ3) is 5.54. The lowest BCUT2D eigenvalue weighted by Crippen LogP contribution is -2.14. The molecule has 0 aliphatic carbocycles. The number of rotatable bonds is 4. The van der Waals surface area contributed by atoms with Crippen LogP contribution in [-0.4, -0.2) is 15.9 Å². The van der Waals surface area contributed by atoms with Gasteiger partial charge in [-0.15, -0.1) is 0 Å². The molecule has 0 radical (unpaired) electrons. The molecule has 0 unspecified atom stereocenters. The summed E-state index contributed by atoms with van der Waals surface area (Å²) in [5, 5.41) is 0. The molecule has 2 aromatic carbocycles. The summed E-state index contributed by atoms with van der Waals surface area (Å²) in [6.45, 7) is 1.60. The third-order valence-corrected chi connectivity index (χ3v) is 4.57. The molecular weight excluding hydrogens is 455 g/mol. The number of benzene rings is 2. The summed E-state index contributed by atoms with van der Waals surface area (Å²) >= 11 is 0. The van der Waals surface area contributed by atoms with Gasteiger partial charge in [0.25, 0.3) is 0 Å². The number of nitrogens with two attached hydrogens (primary N) is 1. The molecule has 1 heterocycles. The standard InChI is InChI=1S/C22H14F7N3O/c1-11-2-3-15(23)9-17(11)18(19(30)33)10-16-4-5-31-20(32-16)12-6-13(21(24,25)26)8-14(7-12)22(27,28)29/h2-10H,1H3,(H2,30,33)/b18-10+. The summed E-state index contributed by atoms with van der Waals surface area (Å²) in [5.74, 6) is -2.03. The van der Waals surface area contributed by atoms with Crippen LogP contribution in [0.5, 0.6) is 0 Å². The molecule has 3 aromatic rings. The SMILES string of the molecule is Cc1ccc(F)cc1/C(=C\c1ccnc(-c2cc(C(F)(F)F)cc(C(F)(F)F)c2)n1)C(N)=O. The Kier molecular flexibility index (Phi) is 6.26. The van der Waals surface area contributed by atoms with E-state index >= 15 is 0 Å². The molecule has 0 aliphatic rings. The molecule has 2 N–H and O–H groups in total. The second kappa shape index (κ2) is 8.64. The number of primary amides is 1. The molecule has 0 saturated heterocycles. The van der Waals surface area contributed by atoms with Crippen LogP contribution in [0.4, 0.5) is 30.7 Å². The van der Waals surface area contributed by atoms with Crippen LogP contribution in [0.25, 0.3) is 23.0 Å². The van der Waals surface area contributed by atoms with Crippen LogP contribution in [0, 0.1) is 12.7 Å². The van der Waals surface area contributed by atoms with E-state index in [9.17, 15) is 35.5 Å². The monoisotopic (exact) mass is 469 g/mol. The molecule has 0 spiro atoms. The predicted octanol–water partition coefficient (Wildman–Crippen LogP) is 5.65. The van der Waals surface area contributed by atoms with Crippen molar-refractivity contribution in [1.82, 2.24) is 9.97 Å². The molecular formula is C22H14F7N3O. The van der Waals surface area contributed by atoms with E-state index in [4.69, 9.17) is 5.73 Å². The number of hydrogen-bond acceptors (Lipinski definition) is 3. The number of carbonyl (C=O) groups is 1.